The Bertz CT molecular complexity index is 3180. The minimum Gasteiger partial charge on any atom is -0.455 e. The van der Waals surface area contributed by atoms with Crippen molar-refractivity contribution in [1.82, 2.24) is 0 Å². The van der Waals surface area contributed by atoms with Gasteiger partial charge in [0.05, 0.1) is 5.69 Å². The van der Waals surface area contributed by atoms with Crippen LogP contribution in [0.3, 0.4) is 0 Å². The van der Waals surface area contributed by atoms with Gasteiger partial charge in [-0.05, 0) is 93.0 Å². The minimum absolute atomic E-state index is 0.909. The molecule has 0 aliphatic heterocycles. The standard InChI is InChI=1S/C50H31NOS/c1-2-13-35-29-36(24-23-32(35)11-1)33-25-27-38(28-26-33)51(44-20-10-14-34-12-3-4-17-40(34)44)39-16-9-15-37(30-39)43-31-47-49(42-19-6-8-22-46(42)53-47)50-48(43)41-18-5-7-21-45(41)52-50/h1-31H. The molecular formula is C50H31NOS. The molecule has 0 saturated carbocycles. The van der Waals surface area contributed by atoms with Crippen molar-refractivity contribution >= 4 is 92.1 Å². The van der Waals surface area contributed by atoms with Crippen LogP contribution in [0.2, 0.25) is 0 Å². The number of nitrogens with zero attached hydrogens (tertiary/aromatic N) is 1. The molecule has 0 radical (unpaired) electrons. The predicted molar refractivity (Wildman–Crippen MR) is 227 cm³/mol. The maximum Gasteiger partial charge on any atom is 0.145 e. The molecule has 11 aromatic rings. The van der Waals surface area contributed by atoms with Crippen molar-refractivity contribution in [3.63, 3.8) is 0 Å². The summed E-state index contributed by atoms with van der Waals surface area (Å²) in [7, 11) is 0. The van der Waals surface area contributed by atoms with Gasteiger partial charge < -0.3 is 9.32 Å². The molecule has 2 heterocycles. The summed E-state index contributed by atoms with van der Waals surface area (Å²) in [5, 5.41) is 9.64. The molecule has 0 spiro atoms. The highest BCUT2D eigenvalue weighted by molar-refractivity contribution is 7.26. The Hall–Kier alpha value is -6.68. The number of para-hydroxylation sites is 1. The van der Waals surface area contributed by atoms with Crippen molar-refractivity contribution in [1.29, 1.82) is 0 Å². The van der Waals surface area contributed by atoms with E-state index in [1.807, 2.05) is 11.3 Å². The topological polar surface area (TPSA) is 16.4 Å². The Morgan fingerprint density at radius 1 is 0.396 bits per heavy atom. The highest BCUT2D eigenvalue weighted by Gasteiger charge is 2.21. The highest BCUT2D eigenvalue weighted by atomic mass is 32.1. The van der Waals surface area contributed by atoms with Crippen LogP contribution in [-0.2, 0) is 0 Å². The van der Waals surface area contributed by atoms with Crippen LogP contribution in [-0.4, -0.2) is 0 Å². The van der Waals surface area contributed by atoms with E-state index in [0.29, 0.717) is 0 Å². The van der Waals surface area contributed by atoms with Gasteiger partial charge in [-0.25, -0.2) is 0 Å². The Balaban J connectivity index is 1.11. The van der Waals surface area contributed by atoms with Crippen molar-refractivity contribution in [3.05, 3.63) is 188 Å². The Kier molecular flexibility index (Phi) is 6.76. The molecule has 2 nitrogen and oxygen atoms in total. The molecule has 9 aromatic carbocycles. The Morgan fingerprint density at radius 2 is 1.09 bits per heavy atom. The van der Waals surface area contributed by atoms with Gasteiger partial charge in [-0.1, -0.05) is 133 Å². The molecule has 11 rings (SSSR count). The first kappa shape index (κ1) is 30.0. The molecule has 0 saturated heterocycles. The fourth-order valence-corrected chi connectivity index (χ4v) is 9.28. The van der Waals surface area contributed by atoms with Crippen LogP contribution in [0.1, 0.15) is 0 Å². The number of hydrogen-bond donors (Lipinski definition) is 0. The molecule has 0 amide bonds. The molecule has 0 bridgehead atoms. The summed E-state index contributed by atoms with van der Waals surface area (Å²) in [5.41, 5.74) is 9.92. The molecule has 0 N–H and O–H groups in total. The third kappa shape index (κ3) is 4.86. The zero-order chi connectivity index (χ0) is 34.9. The van der Waals surface area contributed by atoms with Gasteiger partial charge in [0.2, 0.25) is 0 Å². The largest absolute Gasteiger partial charge is 0.455 e. The van der Waals surface area contributed by atoms with E-state index in [1.54, 1.807) is 0 Å². The summed E-state index contributed by atoms with van der Waals surface area (Å²) >= 11 is 1.83. The van der Waals surface area contributed by atoms with Crippen molar-refractivity contribution in [2.45, 2.75) is 0 Å². The number of hydrogen-bond acceptors (Lipinski definition) is 3. The van der Waals surface area contributed by atoms with Crippen LogP contribution in [0, 0.1) is 0 Å². The second-order valence-corrected chi connectivity index (χ2v) is 14.8. The average Bonchev–Trinajstić information content (AvgIpc) is 3.80. The molecular weight excluding hydrogens is 663 g/mol. The van der Waals surface area contributed by atoms with Gasteiger partial charge in [0.15, 0.2) is 0 Å². The lowest BCUT2D eigenvalue weighted by atomic mass is 9.96. The summed E-state index contributed by atoms with van der Waals surface area (Å²) < 4.78 is 9.22. The van der Waals surface area contributed by atoms with Gasteiger partial charge >= 0.3 is 0 Å². The fourth-order valence-electron chi connectivity index (χ4n) is 8.13. The fraction of sp³-hybridized carbons (Fsp3) is 0. The summed E-state index contributed by atoms with van der Waals surface area (Å²) in [6, 6.07) is 68.0. The van der Waals surface area contributed by atoms with Crippen molar-refractivity contribution in [3.8, 4) is 22.3 Å². The second kappa shape index (κ2) is 11.9. The first-order chi connectivity index (χ1) is 26.3. The highest BCUT2D eigenvalue weighted by Crippen LogP contribution is 2.47. The molecule has 0 atom stereocenters. The number of benzene rings is 9. The van der Waals surface area contributed by atoms with Crippen LogP contribution in [0.4, 0.5) is 17.1 Å². The molecule has 248 valence electrons. The molecule has 3 heteroatoms. The first-order valence-electron chi connectivity index (χ1n) is 18.0. The van der Waals surface area contributed by atoms with E-state index in [2.05, 4.69) is 193 Å². The van der Waals surface area contributed by atoms with E-state index in [1.165, 1.54) is 58.4 Å². The smallest absolute Gasteiger partial charge is 0.145 e. The lowest BCUT2D eigenvalue weighted by Gasteiger charge is -2.27. The second-order valence-electron chi connectivity index (χ2n) is 13.7. The van der Waals surface area contributed by atoms with Gasteiger partial charge in [0.25, 0.3) is 0 Å². The van der Waals surface area contributed by atoms with Gasteiger partial charge in [0.1, 0.15) is 11.2 Å². The van der Waals surface area contributed by atoms with Gasteiger partial charge in [-0.2, -0.15) is 0 Å². The normalized spacial score (nSPS) is 11.8. The molecule has 0 unspecified atom stereocenters. The number of rotatable bonds is 5. The van der Waals surface area contributed by atoms with Gasteiger partial charge in [-0.3, -0.25) is 0 Å². The lowest BCUT2D eigenvalue weighted by Crippen LogP contribution is -2.10. The lowest BCUT2D eigenvalue weighted by molar-refractivity contribution is 0.673. The van der Waals surface area contributed by atoms with Gasteiger partial charge in [0, 0.05) is 47.7 Å². The van der Waals surface area contributed by atoms with E-state index < -0.39 is 0 Å². The molecule has 0 aliphatic carbocycles. The maximum absolute atomic E-state index is 6.73. The van der Waals surface area contributed by atoms with Crippen LogP contribution in [0.25, 0.3) is 85.9 Å². The number of thiophene rings is 1. The van der Waals surface area contributed by atoms with E-state index in [0.717, 1.165) is 44.6 Å². The van der Waals surface area contributed by atoms with Gasteiger partial charge in [-0.15, -0.1) is 11.3 Å². The first-order valence-corrected chi connectivity index (χ1v) is 18.8. The minimum atomic E-state index is 0.909. The van der Waals surface area contributed by atoms with Crippen LogP contribution < -0.4 is 4.90 Å². The van der Waals surface area contributed by atoms with Crippen LogP contribution >= 0.6 is 11.3 Å². The van der Waals surface area contributed by atoms with Crippen molar-refractivity contribution in [2.75, 3.05) is 4.90 Å². The molecule has 53 heavy (non-hydrogen) atoms. The van der Waals surface area contributed by atoms with Crippen molar-refractivity contribution in [2.24, 2.45) is 0 Å². The monoisotopic (exact) mass is 693 g/mol. The Morgan fingerprint density at radius 3 is 1.98 bits per heavy atom. The maximum atomic E-state index is 6.73. The number of furan rings is 1. The van der Waals surface area contributed by atoms with Crippen LogP contribution in [0.15, 0.2) is 192 Å². The number of fused-ring (bicyclic) bond motifs is 9. The predicted octanol–water partition coefficient (Wildman–Crippen LogP) is 15.1. The van der Waals surface area contributed by atoms with Crippen LogP contribution in [0.5, 0.6) is 0 Å². The summed E-state index contributed by atoms with van der Waals surface area (Å²) in [5.74, 6) is 0. The summed E-state index contributed by atoms with van der Waals surface area (Å²) in [6.07, 6.45) is 0. The number of anilines is 3. The Labute approximate surface area is 310 Å². The molecule has 0 aliphatic rings. The van der Waals surface area contributed by atoms with E-state index in [4.69, 9.17) is 4.42 Å². The third-order valence-corrected chi connectivity index (χ3v) is 11.7. The SMILES string of the molecule is c1cc(-c2cc3sc4ccccc4c3c3oc4ccccc4c23)cc(N(c2ccc(-c3ccc4ccccc4c3)cc2)c2cccc3ccccc23)c1. The third-order valence-electron chi connectivity index (χ3n) is 10.6. The quantitative estimate of drug-likeness (QED) is 0.178. The zero-order valence-corrected chi connectivity index (χ0v) is 29.5. The van der Waals surface area contributed by atoms with Crippen molar-refractivity contribution < 1.29 is 4.42 Å². The average molecular weight is 694 g/mol. The zero-order valence-electron chi connectivity index (χ0n) is 28.7. The summed E-state index contributed by atoms with van der Waals surface area (Å²) in [4.78, 5) is 2.40. The van der Waals surface area contributed by atoms with E-state index >= 15 is 0 Å². The van der Waals surface area contributed by atoms with E-state index in [-0.39, 0.29) is 0 Å². The molecule has 2 aromatic heterocycles. The molecule has 0 fully saturated rings. The van der Waals surface area contributed by atoms with E-state index in [9.17, 15) is 0 Å². The summed E-state index contributed by atoms with van der Waals surface area (Å²) in [6.45, 7) is 0.